The highest BCUT2D eigenvalue weighted by atomic mass is 14.4. The molecule has 0 aromatic carbocycles. The Balaban J connectivity index is 3.84. The number of nitrogens with one attached hydrogen (secondary N) is 1. The van der Waals surface area contributed by atoms with E-state index in [1.807, 2.05) is 13.8 Å². The summed E-state index contributed by atoms with van der Waals surface area (Å²) in [5.41, 5.74) is 3.13. The van der Waals surface area contributed by atoms with Gasteiger partial charge in [0.2, 0.25) is 0 Å². The standard InChI is InChI=1S/C7H11N/c1-4-5-7(8)6(2)3/h5-6,8H,1H2,2-3H3. The molecule has 0 atom stereocenters. The lowest BCUT2D eigenvalue weighted by Crippen LogP contribution is -1.99. The summed E-state index contributed by atoms with van der Waals surface area (Å²) in [7, 11) is 0. The van der Waals surface area contributed by atoms with Crippen LogP contribution in [0, 0.1) is 11.3 Å². The lowest BCUT2D eigenvalue weighted by molar-refractivity contribution is 0.882. The van der Waals surface area contributed by atoms with Crippen LogP contribution < -0.4 is 0 Å². The van der Waals surface area contributed by atoms with Gasteiger partial charge < -0.3 is 5.41 Å². The molecule has 1 heteroatoms. The van der Waals surface area contributed by atoms with Gasteiger partial charge in [-0.3, -0.25) is 0 Å². The molecule has 44 valence electrons. The van der Waals surface area contributed by atoms with Crippen molar-refractivity contribution in [2.24, 2.45) is 5.92 Å². The second-order valence-electron chi connectivity index (χ2n) is 1.96. The van der Waals surface area contributed by atoms with Crippen molar-refractivity contribution in [3.63, 3.8) is 0 Å². The van der Waals surface area contributed by atoms with Gasteiger partial charge in [-0.2, -0.15) is 0 Å². The van der Waals surface area contributed by atoms with Gasteiger partial charge in [0.25, 0.3) is 0 Å². The average molecular weight is 109 g/mol. The molecule has 0 rings (SSSR count). The van der Waals surface area contributed by atoms with Gasteiger partial charge in [-0.25, -0.2) is 0 Å². The SMILES string of the molecule is C=C=CC(=N)C(C)C. The zero-order valence-electron chi connectivity index (χ0n) is 5.36. The maximum absolute atomic E-state index is 7.19. The molecule has 1 N–H and O–H groups in total. The second-order valence-corrected chi connectivity index (χ2v) is 1.96. The Labute approximate surface area is 50.2 Å². The third-order valence-electron chi connectivity index (χ3n) is 0.880. The molecule has 0 unspecified atom stereocenters. The summed E-state index contributed by atoms with van der Waals surface area (Å²) < 4.78 is 0. The van der Waals surface area contributed by atoms with Crippen LogP contribution in [0.25, 0.3) is 0 Å². The predicted octanol–water partition coefficient (Wildman–Crippen LogP) is 2.00. The fraction of sp³-hybridized carbons (Fsp3) is 0.429. The van der Waals surface area contributed by atoms with Gasteiger partial charge in [0.15, 0.2) is 0 Å². The zero-order chi connectivity index (χ0) is 6.57. The number of allylic oxidation sites excluding steroid dienone is 1. The molecular formula is C7H11N. The van der Waals surface area contributed by atoms with Gasteiger partial charge in [-0.15, -0.1) is 5.73 Å². The van der Waals surface area contributed by atoms with E-state index in [-0.39, 0.29) is 0 Å². The van der Waals surface area contributed by atoms with Crippen molar-refractivity contribution in [3.8, 4) is 0 Å². The first-order chi connectivity index (χ1) is 3.68. The van der Waals surface area contributed by atoms with E-state index in [4.69, 9.17) is 5.41 Å². The number of hydrogen-bond acceptors (Lipinski definition) is 1. The quantitative estimate of drug-likeness (QED) is 0.414. The molecule has 0 aromatic rings. The maximum atomic E-state index is 7.19. The molecule has 0 aliphatic rings. The lowest BCUT2D eigenvalue weighted by atomic mass is 10.1. The van der Waals surface area contributed by atoms with Crippen molar-refractivity contribution in [1.82, 2.24) is 0 Å². The Bertz CT molecular complexity index is 127. The van der Waals surface area contributed by atoms with Crippen LogP contribution in [-0.4, -0.2) is 5.71 Å². The Hall–Kier alpha value is -0.810. The molecule has 0 heterocycles. The first-order valence-corrected chi connectivity index (χ1v) is 2.62. The minimum atomic E-state index is 0.296. The van der Waals surface area contributed by atoms with Crippen LogP contribution in [0.5, 0.6) is 0 Å². The Kier molecular flexibility index (Phi) is 2.90. The summed E-state index contributed by atoms with van der Waals surface area (Å²) in [4.78, 5) is 0. The monoisotopic (exact) mass is 109 g/mol. The molecule has 0 aliphatic carbocycles. The fourth-order valence-corrected chi connectivity index (χ4v) is 0.277. The van der Waals surface area contributed by atoms with Crippen LogP contribution in [0.15, 0.2) is 18.4 Å². The van der Waals surface area contributed by atoms with Crippen LogP contribution in [0.3, 0.4) is 0 Å². The molecule has 0 radical (unpaired) electrons. The molecule has 0 aromatic heterocycles. The Morgan fingerprint density at radius 3 is 2.38 bits per heavy atom. The van der Waals surface area contributed by atoms with Gasteiger partial charge in [0.1, 0.15) is 0 Å². The first kappa shape index (κ1) is 7.19. The van der Waals surface area contributed by atoms with E-state index in [0.717, 1.165) is 0 Å². The van der Waals surface area contributed by atoms with Crippen LogP contribution in [0.4, 0.5) is 0 Å². The molecule has 0 fully saturated rings. The van der Waals surface area contributed by atoms with Gasteiger partial charge in [-0.05, 0) is 5.92 Å². The van der Waals surface area contributed by atoms with E-state index in [9.17, 15) is 0 Å². The number of rotatable bonds is 2. The van der Waals surface area contributed by atoms with Gasteiger partial charge in [-0.1, -0.05) is 20.4 Å². The first-order valence-electron chi connectivity index (χ1n) is 2.62. The number of hydrogen-bond donors (Lipinski definition) is 1. The van der Waals surface area contributed by atoms with E-state index < -0.39 is 0 Å². The summed E-state index contributed by atoms with van der Waals surface area (Å²) in [5.74, 6) is 0.296. The predicted molar refractivity (Wildman–Crippen MR) is 36.3 cm³/mol. The molecule has 0 spiro atoms. The third-order valence-corrected chi connectivity index (χ3v) is 0.880. The summed E-state index contributed by atoms with van der Waals surface area (Å²) in [5, 5.41) is 7.19. The molecule has 1 nitrogen and oxygen atoms in total. The highest BCUT2D eigenvalue weighted by Crippen LogP contribution is 1.93. The molecular weight excluding hydrogens is 98.1 g/mol. The van der Waals surface area contributed by atoms with E-state index in [1.54, 1.807) is 6.08 Å². The molecule has 0 amide bonds. The van der Waals surface area contributed by atoms with Gasteiger partial charge in [0, 0.05) is 11.8 Å². The van der Waals surface area contributed by atoms with Crippen LogP contribution >= 0.6 is 0 Å². The molecule has 8 heavy (non-hydrogen) atoms. The van der Waals surface area contributed by atoms with Crippen molar-refractivity contribution >= 4 is 5.71 Å². The molecule has 0 saturated heterocycles. The maximum Gasteiger partial charge on any atom is 0.0415 e. The fourth-order valence-electron chi connectivity index (χ4n) is 0.277. The zero-order valence-corrected chi connectivity index (χ0v) is 5.36. The minimum absolute atomic E-state index is 0.296. The smallest absolute Gasteiger partial charge is 0.0415 e. The van der Waals surface area contributed by atoms with Gasteiger partial charge >= 0.3 is 0 Å². The summed E-state index contributed by atoms with van der Waals surface area (Å²) in [6.45, 7) is 7.30. The van der Waals surface area contributed by atoms with Crippen LogP contribution in [-0.2, 0) is 0 Å². The van der Waals surface area contributed by atoms with Crippen molar-refractivity contribution in [2.45, 2.75) is 13.8 Å². The summed E-state index contributed by atoms with van der Waals surface area (Å²) in [6, 6.07) is 0. The average Bonchev–Trinajstić information content (AvgIpc) is 1.67. The normalized spacial score (nSPS) is 8.38. The summed E-state index contributed by atoms with van der Waals surface area (Å²) >= 11 is 0. The van der Waals surface area contributed by atoms with E-state index >= 15 is 0 Å². The highest BCUT2D eigenvalue weighted by molar-refractivity contribution is 5.93. The van der Waals surface area contributed by atoms with Crippen LogP contribution in [0.2, 0.25) is 0 Å². The Morgan fingerprint density at radius 1 is 1.75 bits per heavy atom. The van der Waals surface area contributed by atoms with E-state index in [2.05, 4.69) is 12.3 Å². The van der Waals surface area contributed by atoms with Crippen molar-refractivity contribution in [2.75, 3.05) is 0 Å². The molecule has 0 saturated carbocycles. The van der Waals surface area contributed by atoms with Crippen molar-refractivity contribution in [3.05, 3.63) is 18.4 Å². The van der Waals surface area contributed by atoms with Gasteiger partial charge in [0.05, 0.1) is 0 Å². The topological polar surface area (TPSA) is 23.9 Å². The largest absolute Gasteiger partial charge is 0.304 e. The third kappa shape index (κ3) is 2.38. The highest BCUT2D eigenvalue weighted by Gasteiger charge is 1.94. The van der Waals surface area contributed by atoms with E-state index in [1.165, 1.54) is 0 Å². The van der Waals surface area contributed by atoms with Crippen LogP contribution in [0.1, 0.15) is 13.8 Å². The van der Waals surface area contributed by atoms with Crippen molar-refractivity contribution < 1.29 is 0 Å². The minimum Gasteiger partial charge on any atom is -0.304 e. The Morgan fingerprint density at radius 2 is 2.25 bits per heavy atom. The second kappa shape index (κ2) is 3.23. The lowest BCUT2D eigenvalue weighted by Gasteiger charge is -1.96. The molecule has 0 bridgehead atoms. The van der Waals surface area contributed by atoms with Crippen molar-refractivity contribution in [1.29, 1.82) is 5.41 Å². The summed E-state index contributed by atoms with van der Waals surface area (Å²) in [6.07, 6.45) is 1.59. The van der Waals surface area contributed by atoms with E-state index in [0.29, 0.717) is 11.6 Å². The molecule has 0 aliphatic heterocycles.